The van der Waals surface area contributed by atoms with Gasteiger partial charge in [0.25, 0.3) is 0 Å². The van der Waals surface area contributed by atoms with Gasteiger partial charge in [0.15, 0.2) is 0 Å². The molecule has 65 valence electrons. The number of aliphatic carboxylic acids is 2. The molecule has 1 radical (unpaired) electrons. The smallest absolute Gasteiger partial charge is 0.550 e. The molecule has 0 spiro atoms. The third-order valence-corrected chi connectivity index (χ3v) is 0.289. The normalized spacial score (nSPS) is 5.60. The van der Waals surface area contributed by atoms with Gasteiger partial charge >= 0.3 is 17.1 Å². The summed E-state index contributed by atoms with van der Waals surface area (Å²) in [6, 6.07) is 0. The van der Waals surface area contributed by atoms with Crippen molar-refractivity contribution >= 4 is 11.9 Å². The van der Waals surface area contributed by atoms with E-state index < -0.39 is 18.4 Å². The molecule has 0 aromatic carbocycles. The Labute approximate surface area is 66.9 Å². The number of rotatable bonds is 2. The van der Waals surface area contributed by atoms with Crippen LogP contribution >= 0.6 is 0 Å². The van der Waals surface area contributed by atoms with E-state index in [1.54, 1.807) is 0 Å². The second kappa shape index (κ2) is 11.2. The van der Waals surface area contributed by atoms with Crippen molar-refractivity contribution in [2.45, 2.75) is 6.42 Å². The zero-order valence-corrected chi connectivity index (χ0v) is 5.58. The van der Waals surface area contributed by atoms with Crippen LogP contribution in [0.15, 0.2) is 0 Å². The van der Waals surface area contributed by atoms with Crippen molar-refractivity contribution in [2.75, 3.05) is 0 Å². The molecule has 0 aliphatic carbocycles. The maximum absolute atomic E-state index is 9.28. The van der Waals surface area contributed by atoms with Crippen molar-refractivity contribution in [3.05, 3.63) is 0 Å². The molecule has 0 fully saturated rings. The van der Waals surface area contributed by atoms with Gasteiger partial charge < -0.3 is 30.8 Å². The maximum Gasteiger partial charge on any atom is 2.00 e. The first-order valence-corrected chi connectivity index (χ1v) is 1.52. The van der Waals surface area contributed by atoms with Crippen molar-refractivity contribution < 1.29 is 47.8 Å². The van der Waals surface area contributed by atoms with Crippen molar-refractivity contribution in [1.82, 2.24) is 0 Å². The van der Waals surface area contributed by atoms with E-state index in [1.807, 2.05) is 0 Å². The van der Waals surface area contributed by atoms with Crippen LogP contribution in [-0.4, -0.2) is 22.9 Å². The van der Waals surface area contributed by atoms with Gasteiger partial charge in [-0.05, 0) is 0 Å². The Morgan fingerprint density at radius 2 is 1.20 bits per heavy atom. The fourth-order valence-electron chi connectivity index (χ4n) is 0.118. The first kappa shape index (κ1) is 22.8. The molecule has 0 aromatic heterocycles. The number of hydrogen-bond donors (Lipinski definition) is 0. The summed E-state index contributed by atoms with van der Waals surface area (Å²) in [5, 5.41) is 18.6. The summed E-state index contributed by atoms with van der Waals surface area (Å²) in [6.45, 7) is 0. The molecule has 0 aliphatic rings. The van der Waals surface area contributed by atoms with E-state index >= 15 is 0 Å². The second-order valence-corrected chi connectivity index (χ2v) is 0.921. The summed E-state index contributed by atoms with van der Waals surface area (Å²) < 4.78 is 0. The van der Waals surface area contributed by atoms with Gasteiger partial charge in [0, 0.05) is 18.4 Å². The minimum absolute atomic E-state index is 0. The molecule has 0 heterocycles. The maximum atomic E-state index is 9.28. The van der Waals surface area contributed by atoms with E-state index in [-0.39, 0.29) is 28.0 Å². The van der Waals surface area contributed by atoms with E-state index in [2.05, 4.69) is 0 Å². The number of carbonyl (C=O) groups excluding carboxylic acids is 2. The largest absolute Gasteiger partial charge is 2.00 e. The number of carboxylic acids is 2. The van der Waals surface area contributed by atoms with Gasteiger partial charge in [0.1, 0.15) is 0 Å². The Kier molecular flexibility index (Phi) is 25.5. The van der Waals surface area contributed by atoms with E-state index in [1.165, 1.54) is 0 Å². The molecule has 0 bridgehead atoms. The summed E-state index contributed by atoms with van der Waals surface area (Å²) >= 11 is 0. The van der Waals surface area contributed by atoms with Gasteiger partial charge in [-0.3, -0.25) is 0 Å². The van der Waals surface area contributed by atoms with Crippen LogP contribution in [0.3, 0.4) is 0 Å². The fourth-order valence-corrected chi connectivity index (χ4v) is 0.118. The summed E-state index contributed by atoms with van der Waals surface area (Å²) in [6.07, 6.45) is -1.03. The molecular formula is C3H6CuO6. The second-order valence-electron chi connectivity index (χ2n) is 0.921. The third kappa shape index (κ3) is 26.3. The topological polar surface area (TPSA) is 143 Å². The molecular weight excluding hydrogens is 196 g/mol. The zero-order valence-electron chi connectivity index (χ0n) is 4.64. The summed E-state index contributed by atoms with van der Waals surface area (Å²) in [5.74, 6) is -3.25. The van der Waals surface area contributed by atoms with Gasteiger partial charge in [-0.25, -0.2) is 0 Å². The third-order valence-electron chi connectivity index (χ3n) is 0.289. The molecule has 6 nitrogen and oxygen atoms in total. The predicted molar refractivity (Wildman–Crippen MR) is 21.9 cm³/mol. The molecule has 7 heteroatoms. The van der Waals surface area contributed by atoms with Crippen LogP contribution in [0.2, 0.25) is 0 Å². The molecule has 0 amide bonds. The first-order valence-electron chi connectivity index (χ1n) is 1.52. The van der Waals surface area contributed by atoms with E-state index in [4.69, 9.17) is 0 Å². The van der Waals surface area contributed by atoms with Gasteiger partial charge in [-0.2, -0.15) is 0 Å². The van der Waals surface area contributed by atoms with Crippen molar-refractivity contribution in [3.8, 4) is 0 Å². The Bertz CT molecular complexity index is 89.2. The SMILES string of the molecule is O.O.O=C([O-])CC(=O)[O-].[Cu+2]. The quantitative estimate of drug-likeness (QED) is 0.326. The van der Waals surface area contributed by atoms with Crippen LogP contribution in [0.4, 0.5) is 0 Å². The first-order chi connectivity index (χ1) is 3.13. The van der Waals surface area contributed by atoms with Crippen LogP contribution < -0.4 is 10.2 Å². The summed E-state index contributed by atoms with van der Waals surface area (Å²) in [7, 11) is 0. The Morgan fingerprint density at radius 3 is 1.20 bits per heavy atom. The van der Waals surface area contributed by atoms with Crippen molar-refractivity contribution in [2.24, 2.45) is 0 Å². The molecule has 0 saturated carbocycles. The average molecular weight is 202 g/mol. The van der Waals surface area contributed by atoms with Crippen LogP contribution in [0.5, 0.6) is 0 Å². The minimum atomic E-state index is -1.63. The van der Waals surface area contributed by atoms with E-state index in [0.29, 0.717) is 0 Å². The van der Waals surface area contributed by atoms with E-state index in [0.717, 1.165) is 0 Å². The molecule has 0 aliphatic heterocycles. The Hall–Kier alpha value is -0.621. The van der Waals surface area contributed by atoms with Crippen molar-refractivity contribution in [1.29, 1.82) is 0 Å². The van der Waals surface area contributed by atoms with Crippen LogP contribution in [0.1, 0.15) is 6.42 Å². The molecule has 10 heavy (non-hydrogen) atoms. The molecule has 4 N–H and O–H groups in total. The fraction of sp³-hybridized carbons (Fsp3) is 0.333. The number of carbonyl (C=O) groups is 2. The molecule has 0 rings (SSSR count). The Morgan fingerprint density at radius 1 is 1.00 bits per heavy atom. The number of hydrogen-bond acceptors (Lipinski definition) is 4. The average Bonchev–Trinajstić information content (AvgIpc) is 1.27. The monoisotopic (exact) mass is 201 g/mol. The van der Waals surface area contributed by atoms with E-state index in [9.17, 15) is 19.8 Å². The van der Waals surface area contributed by atoms with Gasteiger partial charge in [-0.1, -0.05) is 0 Å². The molecule has 0 saturated heterocycles. The molecule has 0 aromatic rings. The predicted octanol–water partition coefficient (Wildman–Crippen LogP) is -4.78. The zero-order chi connectivity index (χ0) is 5.86. The number of carboxylic acid groups (broad SMARTS) is 2. The van der Waals surface area contributed by atoms with Gasteiger partial charge in [0.05, 0.1) is 0 Å². The minimum Gasteiger partial charge on any atom is -0.550 e. The molecule has 0 unspecified atom stereocenters. The van der Waals surface area contributed by atoms with Crippen molar-refractivity contribution in [3.63, 3.8) is 0 Å². The van der Waals surface area contributed by atoms with Gasteiger partial charge in [0.2, 0.25) is 0 Å². The standard InChI is InChI=1S/C3H4O4.Cu.2H2O/c4-2(5)1-3(6)7;;;/h1H2,(H,4,5)(H,6,7);;2*1H2/q;+2;;/p-2. The van der Waals surface area contributed by atoms with Crippen LogP contribution in [-0.2, 0) is 26.7 Å². The molecule has 0 atom stereocenters. The van der Waals surface area contributed by atoms with Gasteiger partial charge in [-0.15, -0.1) is 0 Å². The summed E-state index contributed by atoms with van der Waals surface area (Å²) in [4.78, 5) is 18.6. The summed E-state index contributed by atoms with van der Waals surface area (Å²) in [5.41, 5.74) is 0. The van der Waals surface area contributed by atoms with Crippen LogP contribution in [0, 0.1) is 0 Å². The Balaban J connectivity index is -0.0000000600. The van der Waals surface area contributed by atoms with Crippen LogP contribution in [0.25, 0.3) is 0 Å².